The SMILES string of the molecule is CCCCCCCNC1c2ccc(C)cc2SN(C)c2ccccc21.COCl. The summed E-state index contributed by atoms with van der Waals surface area (Å²) in [5.41, 5.74) is 5.42. The topological polar surface area (TPSA) is 24.5 Å². The number of hydrogen-bond donors (Lipinski definition) is 1. The monoisotopic (exact) mass is 420 g/mol. The van der Waals surface area contributed by atoms with E-state index in [0.717, 1.165) is 6.54 Å². The summed E-state index contributed by atoms with van der Waals surface area (Å²) in [4.78, 5) is 1.36. The van der Waals surface area contributed by atoms with Gasteiger partial charge in [0.15, 0.2) is 0 Å². The molecule has 0 aromatic heterocycles. The Balaban J connectivity index is 0.000000878. The zero-order chi connectivity index (χ0) is 20.4. The molecule has 1 N–H and O–H groups in total. The van der Waals surface area contributed by atoms with Crippen LogP contribution in [0.15, 0.2) is 47.4 Å². The van der Waals surface area contributed by atoms with Crippen molar-refractivity contribution in [1.82, 2.24) is 5.32 Å². The van der Waals surface area contributed by atoms with Crippen molar-refractivity contribution in [2.45, 2.75) is 56.9 Å². The quantitative estimate of drug-likeness (QED) is 0.389. The van der Waals surface area contributed by atoms with E-state index < -0.39 is 0 Å². The van der Waals surface area contributed by atoms with E-state index in [1.807, 2.05) is 11.9 Å². The third kappa shape index (κ3) is 6.41. The van der Waals surface area contributed by atoms with Gasteiger partial charge in [-0.15, -0.1) is 0 Å². The van der Waals surface area contributed by atoms with E-state index in [1.54, 1.807) is 0 Å². The molecule has 1 heterocycles. The second-order valence-corrected chi connectivity index (χ2v) is 8.62. The fourth-order valence-electron chi connectivity index (χ4n) is 3.54. The maximum atomic E-state index is 4.50. The van der Waals surface area contributed by atoms with Crippen molar-refractivity contribution in [3.05, 3.63) is 59.2 Å². The number of nitrogens with one attached hydrogen (secondary N) is 1. The van der Waals surface area contributed by atoms with E-state index in [0.29, 0.717) is 0 Å². The highest BCUT2D eigenvalue weighted by Gasteiger charge is 2.25. The van der Waals surface area contributed by atoms with Gasteiger partial charge in [-0.05, 0) is 60.7 Å². The predicted molar refractivity (Wildman–Crippen MR) is 123 cm³/mol. The molecular weight excluding hydrogens is 388 g/mol. The van der Waals surface area contributed by atoms with Crippen molar-refractivity contribution < 1.29 is 4.29 Å². The Kier molecular flexibility index (Phi) is 10.2. The Morgan fingerprint density at radius 2 is 1.79 bits per heavy atom. The second-order valence-electron chi connectivity index (χ2n) is 7.14. The van der Waals surface area contributed by atoms with E-state index >= 15 is 0 Å². The summed E-state index contributed by atoms with van der Waals surface area (Å²) in [6, 6.07) is 15.9. The van der Waals surface area contributed by atoms with E-state index in [4.69, 9.17) is 0 Å². The van der Waals surface area contributed by atoms with Gasteiger partial charge in [-0.3, -0.25) is 4.29 Å². The molecule has 28 heavy (non-hydrogen) atoms. The molecule has 1 aliphatic rings. The van der Waals surface area contributed by atoms with Crippen LogP contribution in [0.2, 0.25) is 0 Å². The third-order valence-electron chi connectivity index (χ3n) is 4.93. The summed E-state index contributed by atoms with van der Waals surface area (Å²) in [7, 11) is 3.56. The molecule has 154 valence electrons. The average Bonchev–Trinajstić information content (AvgIpc) is 2.80. The molecule has 2 aromatic rings. The number of anilines is 1. The average molecular weight is 421 g/mol. The molecule has 0 fully saturated rings. The highest BCUT2D eigenvalue weighted by molar-refractivity contribution is 8.00. The summed E-state index contributed by atoms with van der Waals surface area (Å²) >= 11 is 6.34. The van der Waals surface area contributed by atoms with Gasteiger partial charge in [-0.2, -0.15) is 0 Å². The normalized spacial score (nSPS) is 15.2. The van der Waals surface area contributed by atoms with Crippen LogP contribution in [-0.2, 0) is 4.29 Å². The van der Waals surface area contributed by atoms with Gasteiger partial charge in [0.1, 0.15) is 0 Å². The molecule has 1 unspecified atom stereocenters. The highest BCUT2D eigenvalue weighted by atomic mass is 35.5. The highest BCUT2D eigenvalue weighted by Crippen LogP contribution is 2.43. The zero-order valence-corrected chi connectivity index (χ0v) is 19.1. The Morgan fingerprint density at radius 3 is 2.54 bits per heavy atom. The lowest BCUT2D eigenvalue weighted by molar-refractivity contribution is 0.463. The van der Waals surface area contributed by atoms with Crippen molar-refractivity contribution in [3.8, 4) is 0 Å². The zero-order valence-electron chi connectivity index (χ0n) is 17.5. The first-order valence-corrected chi connectivity index (χ1v) is 11.2. The number of unbranched alkanes of at least 4 members (excludes halogenated alkanes) is 4. The fraction of sp³-hybridized carbons (Fsp3) is 0.478. The smallest absolute Gasteiger partial charge is 0.0609 e. The first-order chi connectivity index (χ1) is 13.6. The predicted octanol–water partition coefficient (Wildman–Crippen LogP) is 6.89. The molecule has 0 bridgehead atoms. The van der Waals surface area contributed by atoms with Crippen LogP contribution in [0.5, 0.6) is 0 Å². The third-order valence-corrected chi connectivity index (χ3v) is 5.95. The molecule has 0 aliphatic carbocycles. The van der Waals surface area contributed by atoms with Gasteiger partial charge in [-0.25, -0.2) is 0 Å². The molecule has 0 radical (unpaired) electrons. The maximum absolute atomic E-state index is 4.50. The van der Waals surface area contributed by atoms with Gasteiger partial charge >= 0.3 is 0 Å². The number of hydrogen-bond acceptors (Lipinski definition) is 4. The number of halogens is 1. The van der Waals surface area contributed by atoms with Crippen LogP contribution in [0.25, 0.3) is 0 Å². The van der Waals surface area contributed by atoms with Crippen LogP contribution in [0.4, 0.5) is 5.69 Å². The Bertz CT molecular complexity index is 725. The van der Waals surface area contributed by atoms with Crippen LogP contribution >= 0.6 is 23.8 Å². The largest absolute Gasteiger partial charge is 0.315 e. The molecule has 1 aliphatic heterocycles. The van der Waals surface area contributed by atoms with E-state index in [2.05, 4.69) is 89.1 Å². The van der Waals surface area contributed by atoms with Crippen LogP contribution in [0.3, 0.4) is 0 Å². The number of aryl methyl sites for hydroxylation is 1. The van der Waals surface area contributed by atoms with Crippen LogP contribution in [0.1, 0.15) is 61.8 Å². The van der Waals surface area contributed by atoms with Gasteiger partial charge < -0.3 is 9.62 Å². The number of para-hydroxylation sites is 1. The van der Waals surface area contributed by atoms with Crippen LogP contribution in [-0.4, -0.2) is 20.7 Å². The Labute approximate surface area is 180 Å². The summed E-state index contributed by atoms with van der Waals surface area (Å²) in [6.07, 6.45) is 6.59. The van der Waals surface area contributed by atoms with E-state index in [1.165, 1.54) is 66.5 Å². The minimum absolute atomic E-state index is 0.274. The molecule has 2 aromatic carbocycles. The Morgan fingerprint density at radius 1 is 1.07 bits per heavy atom. The van der Waals surface area contributed by atoms with Gasteiger partial charge in [0.25, 0.3) is 0 Å². The summed E-state index contributed by atoms with van der Waals surface area (Å²) in [6.45, 7) is 5.52. The second kappa shape index (κ2) is 12.4. The molecule has 3 rings (SSSR count). The summed E-state index contributed by atoms with van der Waals surface area (Å²) in [5, 5.41) is 3.85. The number of nitrogens with zero attached hydrogens (tertiary/aromatic N) is 1. The van der Waals surface area contributed by atoms with Crippen molar-refractivity contribution in [1.29, 1.82) is 0 Å². The van der Waals surface area contributed by atoms with Crippen LogP contribution in [0, 0.1) is 6.92 Å². The van der Waals surface area contributed by atoms with Crippen molar-refractivity contribution in [2.75, 3.05) is 25.0 Å². The lowest BCUT2D eigenvalue weighted by Gasteiger charge is -2.22. The molecule has 0 saturated carbocycles. The Hall–Kier alpha value is -1.20. The molecule has 0 spiro atoms. The summed E-state index contributed by atoms with van der Waals surface area (Å²) in [5.74, 6) is 0. The lowest BCUT2D eigenvalue weighted by Crippen LogP contribution is -2.24. The molecular formula is C23H33ClN2OS. The van der Waals surface area contributed by atoms with Gasteiger partial charge in [0.2, 0.25) is 0 Å². The fourth-order valence-corrected chi connectivity index (χ4v) is 4.63. The standard InChI is InChI=1S/C22H30N2S.CH3ClO/c1-4-5-6-7-10-15-23-22-18-11-8-9-12-20(18)24(3)25-21-16-17(2)13-14-19(21)22;1-3-2/h8-9,11-14,16,22-23H,4-7,10,15H2,1-3H3;1H3. The van der Waals surface area contributed by atoms with E-state index in [9.17, 15) is 0 Å². The van der Waals surface area contributed by atoms with Gasteiger partial charge in [-0.1, -0.05) is 62.9 Å². The molecule has 0 amide bonds. The van der Waals surface area contributed by atoms with Crippen LogP contribution < -0.4 is 9.62 Å². The van der Waals surface area contributed by atoms with Gasteiger partial charge in [0.05, 0.1) is 30.7 Å². The molecule has 3 nitrogen and oxygen atoms in total. The van der Waals surface area contributed by atoms with E-state index in [-0.39, 0.29) is 6.04 Å². The van der Waals surface area contributed by atoms with Crippen molar-refractivity contribution in [2.24, 2.45) is 0 Å². The van der Waals surface area contributed by atoms with Gasteiger partial charge in [0, 0.05) is 11.9 Å². The van der Waals surface area contributed by atoms with Crippen molar-refractivity contribution in [3.63, 3.8) is 0 Å². The maximum Gasteiger partial charge on any atom is 0.0609 e. The molecule has 1 atom stereocenters. The van der Waals surface area contributed by atoms with Crippen molar-refractivity contribution >= 4 is 29.5 Å². The number of rotatable bonds is 7. The minimum atomic E-state index is 0.274. The molecule has 0 saturated heterocycles. The molecule has 5 heteroatoms. The lowest BCUT2D eigenvalue weighted by atomic mass is 9.96. The minimum Gasteiger partial charge on any atom is -0.315 e. The first kappa shape index (κ1) is 23.1. The summed E-state index contributed by atoms with van der Waals surface area (Å²) < 4.78 is 6.02. The first-order valence-electron chi connectivity index (χ1n) is 10.1. The number of fused-ring (bicyclic) bond motifs is 2. The number of benzene rings is 2.